The fourth-order valence-corrected chi connectivity index (χ4v) is 5.74. The van der Waals surface area contributed by atoms with E-state index in [9.17, 15) is 35.9 Å². The lowest BCUT2D eigenvalue weighted by molar-refractivity contribution is -0.200. The maximum Gasteiger partial charge on any atom is 0.490 e. The molecule has 2 unspecified atom stereocenters. The first-order chi connectivity index (χ1) is 15.3. The molecule has 2 bridgehead atoms. The van der Waals surface area contributed by atoms with Crippen molar-refractivity contribution in [3.8, 4) is 0 Å². The fourth-order valence-electron chi connectivity index (χ4n) is 5.25. The Hall–Kier alpha value is -1.97. The van der Waals surface area contributed by atoms with Gasteiger partial charge in [-0.25, -0.2) is 4.79 Å². The molecule has 33 heavy (non-hydrogen) atoms. The van der Waals surface area contributed by atoms with Crippen LogP contribution in [0.5, 0.6) is 0 Å². The Balaban J connectivity index is 1.75. The van der Waals surface area contributed by atoms with Crippen LogP contribution in [0.2, 0.25) is 0 Å². The van der Waals surface area contributed by atoms with E-state index in [1.807, 2.05) is 0 Å². The smallest absolute Gasteiger partial charge is 0.459 e. The molecule has 0 aromatic heterocycles. The lowest BCUT2D eigenvalue weighted by atomic mass is 9.60. The number of hydrogen-bond acceptors (Lipinski definition) is 3. The van der Waals surface area contributed by atoms with Crippen LogP contribution in [0.25, 0.3) is 0 Å². The molecule has 0 spiro atoms. The molecule has 3 rings (SSSR count). The third-order valence-electron chi connectivity index (χ3n) is 6.58. The van der Waals surface area contributed by atoms with Crippen molar-refractivity contribution in [1.82, 2.24) is 5.32 Å². The van der Waals surface area contributed by atoms with Crippen LogP contribution in [-0.4, -0.2) is 35.7 Å². The van der Waals surface area contributed by atoms with Crippen molar-refractivity contribution in [3.63, 3.8) is 0 Å². The maximum atomic E-state index is 13.0. The zero-order valence-electron chi connectivity index (χ0n) is 17.5. The number of rotatable bonds is 6. The van der Waals surface area contributed by atoms with E-state index in [1.165, 1.54) is 0 Å². The first-order valence-electron chi connectivity index (χ1n) is 10.6. The third kappa shape index (κ3) is 6.55. The molecule has 2 fully saturated rings. The molecule has 5 atom stereocenters. The summed E-state index contributed by atoms with van der Waals surface area (Å²) in [6.07, 6.45) is -7.31. The number of benzene rings is 1. The van der Waals surface area contributed by atoms with Gasteiger partial charge in [0.1, 0.15) is 0 Å². The van der Waals surface area contributed by atoms with Gasteiger partial charge in [0, 0.05) is 11.3 Å². The van der Waals surface area contributed by atoms with Crippen molar-refractivity contribution in [2.24, 2.45) is 17.8 Å². The van der Waals surface area contributed by atoms with Crippen molar-refractivity contribution in [2.75, 3.05) is 6.61 Å². The molecule has 0 aliphatic heterocycles. The molecule has 0 saturated heterocycles. The van der Waals surface area contributed by atoms with E-state index in [1.54, 1.807) is 30.3 Å². The van der Waals surface area contributed by atoms with Gasteiger partial charge in [0.15, 0.2) is 0 Å². The number of halogens is 7. The molecule has 4 nitrogen and oxygen atoms in total. The van der Waals surface area contributed by atoms with Crippen LogP contribution in [0.4, 0.5) is 26.3 Å². The van der Waals surface area contributed by atoms with Crippen molar-refractivity contribution in [1.29, 1.82) is 0 Å². The second kappa shape index (κ2) is 9.72. The normalized spacial score (nSPS) is 28.6. The zero-order chi connectivity index (χ0) is 24.4. The third-order valence-corrected chi connectivity index (χ3v) is 7.08. The number of carbonyl (C=O) groups is 2. The molecule has 2 aliphatic carbocycles. The second-order valence-electron chi connectivity index (χ2n) is 8.91. The molecule has 1 N–H and O–H groups in total. The molecule has 0 heterocycles. The van der Waals surface area contributed by atoms with E-state index >= 15 is 0 Å². The minimum Gasteiger partial charge on any atom is -0.459 e. The van der Waals surface area contributed by atoms with Gasteiger partial charge in [-0.15, -0.1) is 11.6 Å². The second-order valence-corrected chi connectivity index (χ2v) is 9.71. The Morgan fingerprint density at radius 2 is 1.73 bits per heavy atom. The predicted molar refractivity (Wildman–Crippen MR) is 107 cm³/mol. The number of hydrogen-bond donors (Lipinski definition) is 1. The summed E-state index contributed by atoms with van der Waals surface area (Å²) in [5.41, 5.74) is 0.545. The predicted octanol–water partition coefficient (Wildman–Crippen LogP) is 5.71. The Morgan fingerprint density at radius 1 is 1.06 bits per heavy atom. The molecular formula is C22H24ClF6NO3. The van der Waals surface area contributed by atoms with Gasteiger partial charge in [0.05, 0.1) is 12.6 Å². The van der Waals surface area contributed by atoms with E-state index in [0.717, 1.165) is 0 Å². The van der Waals surface area contributed by atoms with Crippen LogP contribution in [0, 0.1) is 17.8 Å². The summed E-state index contributed by atoms with van der Waals surface area (Å²) in [5, 5.41) is 2.15. The highest BCUT2D eigenvalue weighted by Crippen LogP contribution is 2.53. The molecule has 0 radical (unpaired) electrons. The van der Waals surface area contributed by atoms with E-state index in [-0.39, 0.29) is 24.2 Å². The molecular weight excluding hydrogens is 476 g/mol. The van der Waals surface area contributed by atoms with Crippen LogP contribution in [0.15, 0.2) is 30.3 Å². The first-order valence-corrected chi connectivity index (χ1v) is 11.0. The molecule has 11 heteroatoms. The minimum absolute atomic E-state index is 0.00100. The SMILES string of the molecule is O=C(N[C@H](c1ccccc1)[C@H]1CCC2CC1C[C@@](Cl)(CCOC(=O)C(F)(F)F)C2)C(F)(F)F. The van der Waals surface area contributed by atoms with E-state index in [2.05, 4.69) is 10.1 Å². The monoisotopic (exact) mass is 499 g/mol. The summed E-state index contributed by atoms with van der Waals surface area (Å²) in [4.78, 5) is 21.8. The Labute approximate surface area is 192 Å². The topological polar surface area (TPSA) is 55.4 Å². The number of carbonyl (C=O) groups excluding carboxylic acids is 2. The van der Waals surface area contributed by atoms with Crippen molar-refractivity contribution in [2.45, 2.75) is 61.8 Å². The lowest BCUT2D eigenvalue weighted by Crippen LogP contribution is -2.48. The average molecular weight is 500 g/mol. The van der Waals surface area contributed by atoms with E-state index in [4.69, 9.17) is 11.6 Å². The maximum absolute atomic E-state index is 13.0. The average Bonchev–Trinajstić information content (AvgIpc) is 2.71. The quantitative estimate of drug-likeness (QED) is 0.310. The first kappa shape index (κ1) is 25.6. The van der Waals surface area contributed by atoms with Gasteiger partial charge in [0.25, 0.3) is 0 Å². The highest BCUT2D eigenvalue weighted by Gasteiger charge is 2.49. The summed E-state index contributed by atoms with van der Waals surface area (Å²) < 4.78 is 80.4. The van der Waals surface area contributed by atoms with Gasteiger partial charge in [0.2, 0.25) is 0 Å². The fraction of sp³-hybridized carbons (Fsp3) is 0.636. The molecule has 1 aromatic carbocycles. The van der Waals surface area contributed by atoms with Gasteiger partial charge < -0.3 is 10.1 Å². The summed E-state index contributed by atoms with van der Waals surface area (Å²) in [6.45, 7) is -0.501. The largest absolute Gasteiger partial charge is 0.490 e. The molecule has 1 amide bonds. The number of fused-ring (bicyclic) bond motifs is 2. The lowest BCUT2D eigenvalue weighted by Gasteiger charge is -2.49. The zero-order valence-corrected chi connectivity index (χ0v) is 18.3. The molecule has 2 saturated carbocycles. The van der Waals surface area contributed by atoms with Crippen molar-refractivity contribution < 1.29 is 40.7 Å². The minimum atomic E-state index is -5.09. The Kier molecular flexibility index (Phi) is 7.55. The van der Waals surface area contributed by atoms with E-state index in [0.29, 0.717) is 37.7 Å². The van der Waals surface area contributed by atoms with Crippen LogP contribution in [0.1, 0.15) is 50.1 Å². The number of ether oxygens (including phenoxy) is 1. The molecule has 2 aliphatic rings. The Bertz CT molecular complexity index is 847. The number of amides is 1. The Morgan fingerprint density at radius 3 is 2.33 bits per heavy atom. The highest BCUT2D eigenvalue weighted by atomic mass is 35.5. The number of nitrogens with one attached hydrogen (secondary N) is 1. The van der Waals surface area contributed by atoms with Crippen molar-refractivity contribution in [3.05, 3.63) is 35.9 Å². The van der Waals surface area contributed by atoms with Gasteiger partial charge in [-0.1, -0.05) is 36.8 Å². The molecule has 1 aromatic rings. The van der Waals surface area contributed by atoms with Crippen LogP contribution < -0.4 is 5.32 Å². The van der Waals surface area contributed by atoms with Crippen LogP contribution in [-0.2, 0) is 14.3 Å². The standard InChI is InChI=1S/C22H24ClF6NO3/c23-20(8-9-33-19(32)22(27,28)29)11-13-6-7-16(15(10-13)12-20)17(14-4-2-1-3-5-14)30-18(31)21(24,25)26/h1-5,13,15-17H,6-12H2,(H,30,31)/t13?,15?,16-,17+,20+/m0/s1. The van der Waals surface area contributed by atoms with Gasteiger partial charge in [-0.2, -0.15) is 26.3 Å². The summed E-state index contributed by atoms with van der Waals surface area (Å²) >= 11 is 6.73. The summed E-state index contributed by atoms with van der Waals surface area (Å²) in [7, 11) is 0. The van der Waals surface area contributed by atoms with Gasteiger partial charge in [-0.05, 0) is 49.0 Å². The van der Waals surface area contributed by atoms with Crippen molar-refractivity contribution >= 4 is 23.5 Å². The summed E-state index contributed by atoms with van der Waals surface area (Å²) in [5.74, 6) is -4.62. The molecule has 184 valence electrons. The van der Waals surface area contributed by atoms with E-state index < -0.39 is 41.8 Å². The van der Waals surface area contributed by atoms with Gasteiger partial charge >= 0.3 is 24.2 Å². The van der Waals surface area contributed by atoms with Crippen LogP contribution >= 0.6 is 11.6 Å². The number of alkyl halides is 7. The highest BCUT2D eigenvalue weighted by molar-refractivity contribution is 6.24. The summed E-state index contributed by atoms with van der Waals surface area (Å²) in [6, 6.07) is 7.50. The van der Waals surface area contributed by atoms with Crippen LogP contribution in [0.3, 0.4) is 0 Å². The van der Waals surface area contributed by atoms with Gasteiger partial charge in [-0.3, -0.25) is 4.79 Å². The number of esters is 1.